The number of hydrogen-bond donors (Lipinski definition) is 1. The van der Waals surface area contributed by atoms with Crippen LogP contribution in [0.5, 0.6) is 0 Å². The molecular weight excluding hydrogens is 290 g/mol. The maximum absolute atomic E-state index is 12.2. The SMILES string of the molecule is CC(C)Cn1cc(C(=O)NS(=O)(=O)[C@H]2CC=CCC2)cn1. The number of allylic oxidation sites excluding steroid dienone is 2. The summed E-state index contributed by atoms with van der Waals surface area (Å²) in [5.41, 5.74) is 0.269. The van der Waals surface area contributed by atoms with Gasteiger partial charge in [0, 0.05) is 12.7 Å². The van der Waals surface area contributed by atoms with Crippen LogP contribution in [0.4, 0.5) is 0 Å². The topological polar surface area (TPSA) is 81.1 Å². The van der Waals surface area contributed by atoms with E-state index in [4.69, 9.17) is 0 Å². The van der Waals surface area contributed by atoms with E-state index in [9.17, 15) is 13.2 Å². The van der Waals surface area contributed by atoms with Crippen LogP contribution < -0.4 is 4.72 Å². The lowest BCUT2D eigenvalue weighted by molar-refractivity contribution is 0.0981. The summed E-state index contributed by atoms with van der Waals surface area (Å²) >= 11 is 0. The van der Waals surface area contributed by atoms with Crippen molar-refractivity contribution >= 4 is 15.9 Å². The highest BCUT2D eigenvalue weighted by molar-refractivity contribution is 7.90. The maximum Gasteiger partial charge on any atom is 0.267 e. The Morgan fingerprint density at radius 2 is 2.24 bits per heavy atom. The molecular formula is C14H21N3O3S. The molecule has 116 valence electrons. The summed E-state index contributed by atoms with van der Waals surface area (Å²) in [5, 5.41) is 3.54. The van der Waals surface area contributed by atoms with Crippen molar-refractivity contribution in [1.29, 1.82) is 0 Å². The van der Waals surface area contributed by atoms with E-state index in [0.717, 1.165) is 6.42 Å². The van der Waals surface area contributed by atoms with Crippen molar-refractivity contribution in [2.24, 2.45) is 5.92 Å². The second kappa shape index (κ2) is 6.43. The smallest absolute Gasteiger partial charge is 0.267 e. The molecule has 1 aliphatic rings. The third-order valence-corrected chi connectivity index (χ3v) is 5.12. The van der Waals surface area contributed by atoms with Crippen molar-refractivity contribution in [3.05, 3.63) is 30.1 Å². The van der Waals surface area contributed by atoms with Crippen LogP contribution >= 0.6 is 0 Å². The summed E-state index contributed by atoms with van der Waals surface area (Å²) in [4.78, 5) is 12.0. The minimum absolute atomic E-state index is 0.269. The number of amides is 1. The average molecular weight is 311 g/mol. The van der Waals surface area contributed by atoms with Gasteiger partial charge in [0.05, 0.1) is 17.0 Å². The Bertz CT molecular complexity index is 632. The molecule has 1 aromatic rings. The van der Waals surface area contributed by atoms with Gasteiger partial charge in [-0.2, -0.15) is 5.10 Å². The lowest BCUT2D eigenvalue weighted by Crippen LogP contribution is -2.38. The van der Waals surface area contributed by atoms with Gasteiger partial charge in [-0.25, -0.2) is 13.1 Å². The van der Waals surface area contributed by atoms with Crippen molar-refractivity contribution < 1.29 is 13.2 Å². The second-order valence-corrected chi connectivity index (χ2v) is 7.69. The van der Waals surface area contributed by atoms with Crippen LogP contribution in [0.3, 0.4) is 0 Å². The van der Waals surface area contributed by atoms with Crippen LogP contribution in [-0.4, -0.2) is 29.4 Å². The molecule has 0 saturated heterocycles. The van der Waals surface area contributed by atoms with Gasteiger partial charge in [0.1, 0.15) is 0 Å². The third kappa shape index (κ3) is 4.17. The van der Waals surface area contributed by atoms with E-state index in [-0.39, 0.29) is 5.56 Å². The Balaban J connectivity index is 2.03. The molecule has 0 spiro atoms. The first kappa shape index (κ1) is 15.8. The van der Waals surface area contributed by atoms with Crippen LogP contribution in [0, 0.1) is 5.92 Å². The molecule has 0 radical (unpaired) electrons. The van der Waals surface area contributed by atoms with Gasteiger partial charge in [0.15, 0.2) is 0 Å². The standard InChI is InChI=1S/C14H21N3O3S/c1-11(2)9-17-10-12(8-15-17)14(18)16-21(19,20)13-6-4-3-5-7-13/h3-4,8,10-11,13H,5-7,9H2,1-2H3,(H,16,18)/t13-/m0/s1. The van der Waals surface area contributed by atoms with Crippen LogP contribution in [0.2, 0.25) is 0 Å². The van der Waals surface area contributed by atoms with Gasteiger partial charge < -0.3 is 0 Å². The van der Waals surface area contributed by atoms with Crippen molar-refractivity contribution in [2.75, 3.05) is 0 Å². The van der Waals surface area contributed by atoms with Crippen molar-refractivity contribution in [3.63, 3.8) is 0 Å². The minimum atomic E-state index is -3.63. The predicted molar refractivity (Wildman–Crippen MR) is 80.2 cm³/mol. The fraction of sp³-hybridized carbons (Fsp3) is 0.571. The van der Waals surface area contributed by atoms with Gasteiger partial charge in [-0.15, -0.1) is 0 Å². The molecule has 1 amide bonds. The molecule has 0 aliphatic heterocycles. The van der Waals surface area contributed by atoms with Gasteiger partial charge in [-0.3, -0.25) is 9.48 Å². The summed E-state index contributed by atoms with van der Waals surface area (Å²) in [6.07, 6.45) is 8.51. The maximum atomic E-state index is 12.2. The number of sulfonamides is 1. The molecule has 0 unspecified atom stereocenters. The molecule has 0 aromatic carbocycles. The van der Waals surface area contributed by atoms with Crippen LogP contribution in [0.15, 0.2) is 24.5 Å². The molecule has 1 N–H and O–H groups in total. The number of nitrogens with zero attached hydrogens (tertiary/aromatic N) is 2. The number of rotatable bonds is 5. The highest BCUT2D eigenvalue weighted by Crippen LogP contribution is 2.18. The van der Waals surface area contributed by atoms with Crippen molar-refractivity contribution in [1.82, 2.24) is 14.5 Å². The monoisotopic (exact) mass is 311 g/mol. The number of nitrogens with one attached hydrogen (secondary N) is 1. The highest BCUT2D eigenvalue weighted by atomic mass is 32.2. The minimum Gasteiger partial charge on any atom is -0.272 e. The molecule has 0 fully saturated rings. The molecule has 0 bridgehead atoms. The lowest BCUT2D eigenvalue weighted by atomic mass is 10.1. The Labute approximate surface area is 125 Å². The van der Waals surface area contributed by atoms with Gasteiger partial charge in [-0.05, 0) is 25.2 Å². The van der Waals surface area contributed by atoms with E-state index in [1.54, 1.807) is 10.9 Å². The van der Waals surface area contributed by atoms with Gasteiger partial charge in [-0.1, -0.05) is 26.0 Å². The van der Waals surface area contributed by atoms with E-state index in [1.165, 1.54) is 6.20 Å². The number of carbonyl (C=O) groups excluding carboxylic acids is 1. The highest BCUT2D eigenvalue weighted by Gasteiger charge is 2.27. The number of aromatic nitrogens is 2. The van der Waals surface area contributed by atoms with Crippen molar-refractivity contribution in [2.45, 2.75) is 44.9 Å². The molecule has 1 heterocycles. The first-order valence-electron chi connectivity index (χ1n) is 7.12. The molecule has 6 nitrogen and oxygen atoms in total. The zero-order valence-corrected chi connectivity index (χ0v) is 13.1. The Kier molecular flexibility index (Phi) is 4.82. The van der Waals surface area contributed by atoms with Crippen LogP contribution in [0.25, 0.3) is 0 Å². The molecule has 1 atom stereocenters. The Morgan fingerprint density at radius 1 is 1.48 bits per heavy atom. The quantitative estimate of drug-likeness (QED) is 0.839. The number of carbonyl (C=O) groups is 1. The van der Waals surface area contributed by atoms with Crippen LogP contribution in [0.1, 0.15) is 43.5 Å². The van der Waals surface area contributed by atoms with Gasteiger partial charge >= 0.3 is 0 Å². The van der Waals surface area contributed by atoms with E-state index in [0.29, 0.717) is 25.3 Å². The van der Waals surface area contributed by atoms with E-state index in [1.807, 2.05) is 26.0 Å². The average Bonchev–Trinajstić information content (AvgIpc) is 2.87. The Hall–Kier alpha value is -1.63. The summed E-state index contributed by atoms with van der Waals surface area (Å²) in [6, 6.07) is 0. The third-order valence-electron chi connectivity index (χ3n) is 3.34. The van der Waals surface area contributed by atoms with Crippen molar-refractivity contribution in [3.8, 4) is 0 Å². The molecule has 21 heavy (non-hydrogen) atoms. The first-order chi connectivity index (χ1) is 9.88. The fourth-order valence-corrected chi connectivity index (χ4v) is 3.63. The van der Waals surface area contributed by atoms with Gasteiger partial charge in [0.25, 0.3) is 5.91 Å². The zero-order valence-electron chi connectivity index (χ0n) is 12.3. The molecule has 1 aromatic heterocycles. The molecule has 2 rings (SSSR count). The van der Waals surface area contributed by atoms with Crippen LogP contribution in [-0.2, 0) is 16.6 Å². The predicted octanol–water partition coefficient (Wildman–Crippen LogP) is 1.71. The second-order valence-electron chi connectivity index (χ2n) is 5.73. The largest absolute Gasteiger partial charge is 0.272 e. The molecule has 0 saturated carbocycles. The zero-order chi connectivity index (χ0) is 15.5. The summed E-state index contributed by atoms with van der Waals surface area (Å²) < 4.78 is 28.1. The van der Waals surface area contributed by atoms with E-state index < -0.39 is 21.2 Å². The summed E-state index contributed by atoms with van der Waals surface area (Å²) in [5.74, 6) is -0.210. The first-order valence-corrected chi connectivity index (χ1v) is 8.66. The molecule has 7 heteroatoms. The normalized spacial score (nSPS) is 18.9. The van der Waals surface area contributed by atoms with Gasteiger partial charge in [0.2, 0.25) is 10.0 Å². The number of hydrogen-bond acceptors (Lipinski definition) is 4. The van der Waals surface area contributed by atoms with E-state index in [2.05, 4.69) is 9.82 Å². The summed E-state index contributed by atoms with van der Waals surface area (Å²) in [7, 11) is -3.63. The summed E-state index contributed by atoms with van der Waals surface area (Å²) in [6.45, 7) is 4.78. The fourth-order valence-electron chi connectivity index (χ4n) is 2.27. The Morgan fingerprint density at radius 3 is 2.86 bits per heavy atom. The lowest BCUT2D eigenvalue weighted by Gasteiger charge is -2.18. The van der Waals surface area contributed by atoms with E-state index >= 15 is 0 Å². The molecule has 1 aliphatic carbocycles.